The zero-order valence-electron chi connectivity index (χ0n) is 17.6. The Labute approximate surface area is 200 Å². The van der Waals surface area contributed by atoms with E-state index in [9.17, 15) is 4.79 Å². The number of nitrogens with one attached hydrogen (secondary N) is 2. The zero-order valence-corrected chi connectivity index (χ0v) is 19.2. The second-order valence-electron chi connectivity index (χ2n) is 7.39. The quantitative estimate of drug-likeness (QED) is 0.421. The van der Waals surface area contributed by atoms with Gasteiger partial charge in [-0.25, -0.2) is 4.68 Å². The highest BCUT2D eigenvalue weighted by molar-refractivity contribution is 8.00. The minimum atomic E-state index is -0.517. The summed E-state index contributed by atoms with van der Waals surface area (Å²) in [6, 6.07) is 24.2. The first-order valence-electron chi connectivity index (χ1n) is 10.3. The Hall–Kier alpha value is -3.49. The lowest BCUT2D eigenvalue weighted by Crippen LogP contribution is -2.41. The van der Waals surface area contributed by atoms with Crippen LogP contribution in [0.1, 0.15) is 11.6 Å². The van der Waals surface area contributed by atoms with Crippen LogP contribution in [0, 0.1) is 0 Å². The molecular formula is C24H20ClN5O2S. The van der Waals surface area contributed by atoms with Gasteiger partial charge in [0.05, 0.1) is 18.8 Å². The minimum Gasteiger partial charge on any atom is -0.495 e. The Balaban J connectivity index is 1.52. The second kappa shape index (κ2) is 9.17. The molecule has 0 aliphatic carbocycles. The normalized spacial score (nSPS) is 17.0. The lowest BCUT2D eigenvalue weighted by molar-refractivity contribution is -0.116. The molecule has 0 bridgehead atoms. The number of ether oxygens (including phenoxy) is 1. The maximum absolute atomic E-state index is 13.5. The third kappa shape index (κ3) is 4.27. The number of carbonyl (C=O) groups excluding carboxylic acids is 1. The maximum Gasteiger partial charge on any atom is 0.240 e. The number of hydrogen-bond donors (Lipinski definition) is 2. The number of thioether (sulfide) groups is 1. The number of fused-ring (bicyclic) bond motifs is 1. The van der Waals surface area contributed by atoms with E-state index in [0.29, 0.717) is 27.4 Å². The van der Waals surface area contributed by atoms with Gasteiger partial charge in [0.2, 0.25) is 11.1 Å². The average Bonchev–Trinajstić information content (AvgIpc) is 3.27. The van der Waals surface area contributed by atoms with Crippen LogP contribution in [0.4, 0.5) is 5.69 Å². The molecule has 1 aromatic heterocycles. The van der Waals surface area contributed by atoms with E-state index in [4.69, 9.17) is 16.3 Å². The van der Waals surface area contributed by atoms with Gasteiger partial charge in [-0.15, -0.1) is 10.2 Å². The van der Waals surface area contributed by atoms with Crippen molar-refractivity contribution in [3.8, 4) is 17.1 Å². The summed E-state index contributed by atoms with van der Waals surface area (Å²) in [6.07, 6.45) is 0. The van der Waals surface area contributed by atoms with Crippen molar-refractivity contribution in [2.75, 3.05) is 17.9 Å². The fourth-order valence-corrected chi connectivity index (χ4v) is 4.91. The molecule has 2 N–H and O–H groups in total. The van der Waals surface area contributed by atoms with Crippen molar-refractivity contribution in [2.24, 2.45) is 0 Å². The van der Waals surface area contributed by atoms with Crippen LogP contribution in [0.15, 0.2) is 84.0 Å². The minimum absolute atomic E-state index is 0.174. The maximum atomic E-state index is 13.5. The lowest BCUT2D eigenvalue weighted by Gasteiger charge is -2.33. The highest BCUT2D eigenvalue weighted by atomic mass is 35.5. The van der Waals surface area contributed by atoms with Gasteiger partial charge in [0.1, 0.15) is 11.0 Å². The molecule has 1 amide bonds. The summed E-state index contributed by atoms with van der Waals surface area (Å²) in [5.74, 6) is 1.10. The summed E-state index contributed by atoms with van der Waals surface area (Å²) in [5.41, 5.74) is 5.92. The Morgan fingerprint density at radius 2 is 1.76 bits per heavy atom. The van der Waals surface area contributed by atoms with Crippen LogP contribution in [-0.4, -0.2) is 33.1 Å². The van der Waals surface area contributed by atoms with Crippen LogP contribution >= 0.6 is 23.4 Å². The molecule has 0 saturated heterocycles. The van der Waals surface area contributed by atoms with E-state index < -0.39 is 5.25 Å². The molecule has 2 atom stereocenters. The average molecular weight is 478 g/mol. The van der Waals surface area contributed by atoms with Gasteiger partial charge < -0.3 is 15.5 Å². The Morgan fingerprint density at radius 3 is 2.52 bits per heavy atom. The second-order valence-corrected chi connectivity index (χ2v) is 8.94. The van der Waals surface area contributed by atoms with Crippen molar-refractivity contribution in [1.82, 2.24) is 14.9 Å². The SMILES string of the molecule is COc1ccccc1NC(=O)[C@@H]1Sc2nnc(-c3ccccc3)n2N[C@@H]1c1ccc(Cl)cc1. The van der Waals surface area contributed by atoms with Gasteiger partial charge in [-0.1, -0.05) is 78.0 Å². The highest BCUT2D eigenvalue weighted by Gasteiger charge is 2.38. The Morgan fingerprint density at radius 1 is 1.03 bits per heavy atom. The van der Waals surface area contributed by atoms with Crippen LogP contribution in [0.5, 0.6) is 5.75 Å². The third-order valence-corrected chi connectivity index (χ3v) is 6.79. The molecule has 3 aromatic carbocycles. The van der Waals surface area contributed by atoms with Crippen molar-refractivity contribution >= 4 is 35.0 Å². The number of hydrogen-bond acceptors (Lipinski definition) is 6. The van der Waals surface area contributed by atoms with E-state index in [1.54, 1.807) is 13.2 Å². The van der Waals surface area contributed by atoms with E-state index in [0.717, 1.165) is 11.1 Å². The first-order chi connectivity index (χ1) is 16.1. The number of amides is 1. The highest BCUT2D eigenvalue weighted by Crippen LogP contribution is 2.39. The number of nitrogens with zero attached hydrogens (tertiary/aromatic N) is 3. The molecule has 0 radical (unpaired) electrons. The number of aromatic nitrogens is 3. The van der Waals surface area contributed by atoms with E-state index in [-0.39, 0.29) is 11.9 Å². The molecule has 0 fully saturated rings. The fourth-order valence-electron chi connectivity index (χ4n) is 3.70. The molecule has 4 aromatic rings. The molecule has 0 saturated carbocycles. The molecular weight excluding hydrogens is 458 g/mol. The smallest absolute Gasteiger partial charge is 0.240 e. The molecule has 9 heteroatoms. The van der Waals surface area contributed by atoms with Crippen LogP contribution in [0.2, 0.25) is 5.02 Å². The predicted molar refractivity (Wildman–Crippen MR) is 130 cm³/mol. The number of methoxy groups -OCH3 is 1. The van der Waals surface area contributed by atoms with Crippen molar-refractivity contribution in [2.45, 2.75) is 16.4 Å². The van der Waals surface area contributed by atoms with Crippen LogP contribution in [0.3, 0.4) is 0 Å². The summed E-state index contributed by atoms with van der Waals surface area (Å²) >= 11 is 7.48. The van der Waals surface area contributed by atoms with Crippen molar-refractivity contribution in [3.63, 3.8) is 0 Å². The van der Waals surface area contributed by atoms with E-state index in [2.05, 4.69) is 20.9 Å². The summed E-state index contributed by atoms with van der Waals surface area (Å²) in [7, 11) is 1.58. The van der Waals surface area contributed by atoms with Gasteiger partial charge in [0, 0.05) is 10.6 Å². The standard InChI is InChI=1S/C24H20ClN5O2S/c1-32-19-10-6-5-9-18(19)26-23(31)21-20(15-11-13-17(25)14-12-15)29-30-22(27-28-24(30)33-21)16-7-3-2-4-8-16/h2-14,20-21,29H,1H3,(H,26,31)/t20-,21-/m1/s1. The van der Waals surface area contributed by atoms with Gasteiger partial charge >= 0.3 is 0 Å². The number of carbonyl (C=O) groups is 1. The van der Waals surface area contributed by atoms with Gasteiger partial charge in [-0.2, -0.15) is 0 Å². The molecule has 1 aliphatic rings. The largest absolute Gasteiger partial charge is 0.495 e. The van der Waals surface area contributed by atoms with E-state index in [1.165, 1.54) is 11.8 Å². The van der Waals surface area contributed by atoms with Crippen molar-refractivity contribution in [3.05, 3.63) is 89.4 Å². The first kappa shape index (κ1) is 21.4. The topological polar surface area (TPSA) is 81.1 Å². The molecule has 2 heterocycles. The molecule has 1 aliphatic heterocycles. The lowest BCUT2D eigenvalue weighted by atomic mass is 10.0. The monoisotopic (exact) mass is 477 g/mol. The molecule has 7 nitrogen and oxygen atoms in total. The molecule has 166 valence electrons. The van der Waals surface area contributed by atoms with E-state index in [1.807, 2.05) is 77.5 Å². The number of halogens is 1. The summed E-state index contributed by atoms with van der Waals surface area (Å²) in [4.78, 5) is 13.5. The molecule has 0 unspecified atom stereocenters. The molecule has 0 spiro atoms. The molecule has 5 rings (SSSR count). The molecule has 33 heavy (non-hydrogen) atoms. The van der Waals surface area contributed by atoms with Gasteiger partial charge in [0.25, 0.3) is 0 Å². The summed E-state index contributed by atoms with van der Waals surface area (Å²) in [6.45, 7) is 0. The third-order valence-electron chi connectivity index (χ3n) is 5.32. The summed E-state index contributed by atoms with van der Waals surface area (Å²) < 4.78 is 7.23. The van der Waals surface area contributed by atoms with Crippen LogP contribution in [0.25, 0.3) is 11.4 Å². The number of benzene rings is 3. The van der Waals surface area contributed by atoms with Gasteiger partial charge in [0.15, 0.2) is 5.82 Å². The Bertz CT molecular complexity index is 1280. The van der Waals surface area contributed by atoms with E-state index >= 15 is 0 Å². The van der Waals surface area contributed by atoms with Crippen molar-refractivity contribution in [1.29, 1.82) is 0 Å². The van der Waals surface area contributed by atoms with Crippen molar-refractivity contribution < 1.29 is 9.53 Å². The fraction of sp³-hybridized carbons (Fsp3) is 0.125. The van der Waals surface area contributed by atoms with Gasteiger partial charge in [-0.05, 0) is 29.8 Å². The van der Waals surface area contributed by atoms with Crippen LogP contribution in [-0.2, 0) is 4.79 Å². The predicted octanol–water partition coefficient (Wildman–Crippen LogP) is 5.00. The van der Waals surface area contributed by atoms with Crippen LogP contribution < -0.4 is 15.5 Å². The summed E-state index contributed by atoms with van der Waals surface area (Å²) in [5, 5.41) is 12.4. The number of para-hydroxylation sites is 2. The number of rotatable bonds is 5. The Kier molecular flexibility index (Phi) is 5.93. The zero-order chi connectivity index (χ0) is 22.8. The number of anilines is 1. The first-order valence-corrected chi connectivity index (χ1v) is 11.5. The van der Waals surface area contributed by atoms with Gasteiger partial charge in [-0.3, -0.25) is 4.79 Å².